The van der Waals surface area contributed by atoms with Crippen LogP contribution in [0.2, 0.25) is 0 Å². The van der Waals surface area contributed by atoms with E-state index in [1.807, 2.05) is 20.9 Å². The molecule has 1 aliphatic heterocycles. The standard InChI is InChI=1S/C24H32F3N5O3/c1-5-30(6-2)20-17(8-7-9-18(20)24(25,26)27)16-29(4)23(3)11-14-31(15-12-23)22(35)32-13-10-19(28-32)21(33)34/h7-10,13H,5-6,11-12,14-16H2,1-4H3,(H,33,34). The van der Waals surface area contributed by atoms with E-state index in [0.29, 0.717) is 51.1 Å². The molecule has 1 aliphatic rings. The van der Waals surface area contributed by atoms with Crippen molar-refractivity contribution < 1.29 is 27.9 Å². The van der Waals surface area contributed by atoms with E-state index in [-0.39, 0.29) is 16.9 Å². The highest BCUT2D eigenvalue weighted by molar-refractivity contribution is 5.86. The molecule has 0 unspecified atom stereocenters. The van der Waals surface area contributed by atoms with E-state index in [4.69, 9.17) is 5.11 Å². The number of aromatic carboxylic acids is 1. The highest BCUT2D eigenvalue weighted by Gasteiger charge is 2.38. The molecule has 0 saturated carbocycles. The number of carbonyl (C=O) groups is 2. The fraction of sp³-hybridized carbons (Fsp3) is 0.542. The van der Waals surface area contributed by atoms with E-state index in [0.717, 1.165) is 10.7 Å². The molecule has 11 heteroatoms. The number of piperidine rings is 1. The summed E-state index contributed by atoms with van der Waals surface area (Å²) in [6, 6.07) is 5.21. The Morgan fingerprint density at radius 1 is 1.14 bits per heavy atom. The van der Waals surface area contributed by atoms with Gasteiger partial charge in [0.15, 0.2) is 5.69 Å². The molecule has 0 bridgehead atoms. The highest BCUT2D eigenvalue weighted by atomic mass is 19.4. The van der Waals surface area contributed by atoms with Gasteiger partial charge in [0.2, 0.25) is 0 Å². The number of rotatable bonds is 7. The van der Waals surface area contributed by atoms with Crippen LogP contribution in [0.4, 0.5) is 23.7 Å². The largest absolute Gasteiger partial charge is 0.476 e. The zero-order chi connectivity index (χ0) is 26.0. The molecule has 1 saturated heterocycles. The molecule has 1 fully saturated rings. The van der Waals surface area contributed by atoms with Crippen molar-refractivity contribution in [1.29, 1.82) is 0 Å². The van der Waals surface area contributed by atoms with Crippen molar-refractivity contribution in [1.82, 2.24) is 19.6 Å². The first-order valence-electron chi connectivity index (χ1n) is 11.6. The van der Waals surface area contributed by atoms with Crippen LogP contribution >= 0.6 is 0 Å². The highest BCUT2D eigenvalue weighted by Crippen LogP contribution is 2.40. The number of hydrogen-bond donors (Lipinski definition) is 1. The Kier molecular flexibility index (Phi) is 7.78. The summed E-state index contributed by atoms with van der Waals surface area (Å²) in [7, 11) is 1.90. The lowest BCUT2D eigenvalue weighted by atomic mass is 9.87. The van der Waals surface area contributed by atoms with E-state index in [9.17, 15) is 22.8 Å². The smallest absolute Gasteiger partial charge is 0.418 e. The van der Waals surface area contributed by atoms with Gasteiger partial charge in [-0.1, -0.05) is 12.1 Å². The van der Waals surface area contributed by atoms with E-state index < -0.39 is 23.7 Å². The molecule has 1 aromatic heterocycles. The van der Waals surface area contributed by atoms with Crippen molar-refractivity contribution >= 4 is 17.7 Å². The van der Waals surface area contributed by atoms with Crippen LogP contribution in [-0.2, 0) is 12.7 Å². The van der Waals surface area contributed by atoms with Gasteiger partial charge >= 0.3 is 18.2 Å². The van der Waals surface area contributed by atoms with E-state index in [1.165, 1.54) is 18.3 Å². The van der Waals surface area contributed by atoms with Crippen LogP contribution in [0.3, 0.4) is 0 Å². The first-order valence-corrected chi connectivity index (χ1v) is 11.6. The first-order chi connectivity index (χ1) is 16.4. The minimum Gasteiger partial charge on any atom is -0.476 e. The average molecular weight is 496 g/mol. The maximum atomic E-state index is 13.8. The molecule has 0 radical (unpaired) electrons. The van der Waals surface area contributed by atoms with Gasteiger partial charge in [-0.05, 0) is 58.4 Å². The number of para-hydroxylation sites is 1. The van der Waals surface area contributed by atoms with Gasteiger partial charge in [-0.3, -0.25) is 4.90 Å². The molecule has 0 aliphatic carbocycles. The lowest BCUT2D eigenvalue weighted by molar-refractivity contribution is -0.137. The van der Waals surface area contributed by atoms with Gasteiger partial charge in [0.05, 0.1) is 11.3 Å². The quantitative estimate of drug-likeness (QED) is 0.613. The third-order valence-electron chi connectivity index (χ3n) is 6.95. The second-order valence-electron chi connectivity index (χ2n) is 9.06. The monoisotopic (exact) mass is 495 g/mol. The number of likely N-dealkylation sites (tertiary alicyclic amines) is 1. The van der Waals surface area contributed by atoms with Crippen LogP contribution in [0, 0.1) is 0 Å². The molecule has 3 rings (SSSR count). The Morgan fingerprint density at radius 3 is 2.29 bits per heavy atom. The minimum absolute atomic E-state index is 0.204. The van der Waals surface area contributed by atoms with Gasteiger partial charge in [0.25, 0.3) is 0 Å². The van der Waals surface area contributed by atoms with E-state index in [1.54, 1.807) is 15.9 Å². The third-order valence-corrected chi connectivity index (χ3v) is 6.95. The Morgan fingerprint density at radius 2 is 1.77 bits per heavy atom. The van der Waals surface area contributed by atoms with Crippen LogP contribution < -0.4 is 4.90 Å². The third kappa shape index (κ3) is 5.61. The molecule has 2 aromatic rings. The number of alkyl halides is 3. The number of carboxylic acids is 1. The fourth-order valence-corrected chi connectivity index (χ4v) is 4.56. The van der Waals surface area contributed by atoms with Crippen molar-refractivity contribution in [2.45, 2.75) is 51.9 Å². The van der Waals surface area contributed by atoms with Crippen LogP contribution in [0.15, 0.2) is 30.5 Å². The summed E-state index contributed by atoms with van der Waals surface area (Å²) < 4.78 is 42.5. The molecule has 35 heavy (non-hydrogen) atoms. The molecule has 192 valence electrons. The van der Waals surface area contributed by atoms with Crippen LogP contribution in [-0.4, -0.2) is 75.5 Å². The molecule has 2 heterocycles. The number of amides is 1. The summed E-state index contributed by atoms with van der Waals surface area (Å²) in [4.78, 5) is 29.2. The molecule has 1 amide bonds. The summed E-state index contributed by atoms with van der Waals surface area (Å²) in [5, 5.41) is 12.8. The number of benzene rings is 1. The van der Waals surface area contributed by atoms with Crippen molar-refractivity contribution in [2.24, 2.45) is 0 Å². The van der Waals surface area contributed by atoms with Crippen molar-refractivity contribution in [3.63, 3.8) is 0 Å². The van der Waals surface area contributed by atoms with Crippen LogP contribution in [0.5, 0.6) is 0 Å². The average Bonchev–Trinajstić information content (AvgIpc) is 3.31. The predicted octanol–water partition coefficient (Wildman–Crippen LogP) is 4.40. The zero-order valence-electron chi connectivity index (χ0n) is 20.5. The normalized spacial score (nSPS) is 15.9. The van der Waals surface area contributed by atoms with Crippen LogP contribution in [0.1, 0.15) is 55.2 Å². The maximum absolute atomic E-state index is 13.8. The molecule has 8 nitrogen and oxygen atoms in total. The van der Waals surface area contributed by atoms with Gasteiger partial charge in [-0.15, -0.1) is 0 Å². The number of nitrogens with zero attached hydrogens (tertiary/aromatic N) is 5. The zero-order valence-corrected chi connectivity index (χ0v) is 20.5. The van der Waals surface area contributed by atoms with Gasteiger partial charge in [0, 0.05) is 44.5 Å². The SMILES string of the molecule is CCN(CC)c1c(CN(C)C2(C)CCN(C(=O)n3ccc(C(=O)O)n3)CC2)cccc1C(F)(F)F. The van der Waals surface area contributed by atoms with Crippen molar-refractivity contribution in [3.8, 4) is 0 Å². The Bertz CT molecular complexity index is 1060. The van der Waals surface area contributed by atoms with E-state index in [2.05, 4.69) is 16.9 Å². The van der Waals surface area contributed by atoms with Gasteiger partial charge in [0.1, 0.15) is 0 Å². The summed E-state index contributed by atoms with van der Waals surface area (Å²) in [5.74, 6) is -1.21. The molecular weight excluding hydrogens is 463 g/mol. The fourth-order valence-electron chi connectivity index (χ4n) is 4.56. The Hall–Kier alpha value is -3.08. The van der Waals surface area contributed by atoms with Gasteiger partial charge < -0.3 is 14.9 Å². The van der Waals surface area contributed by atoms with Gasteiger partial charge in [-0.2, -0.15) is 23.0 Å². The number of carbonyl (C=O) groups excluding carboxylic acids is 1. The lowest BCUT2D eigenvalue weighted by Gasteiger charge is -2.45. The second-order valence-corrected chi connectivity index (χ2v) is 9.06. The summed E-state index contributed by atoms with van der Waals surface area (Å²) in [5.41, 5.74) is -0.325. The number of hydrogen-bond acceptors (Lipinski definition) is 5. The molecule has 0 spiro atoms. The number of halogens is 3. The summed E-state index contributed by atoms with van der Waals surface area (Å²) in [6.07, 6.45) is -1.90. The topological polar surface area (TPSA) is 81.9 Å². The van der Waals surface area contributed by atoms with Crippen molar-refractivity contribution in [2.75, 3.05) is 38.1 Å². The summed E-state index contributed by atoms with van der Waals surface area (Å²) in [6.45, 7) is 7.85. The minimum atomic E-state index is -4.45. The summed E-state index contributed by atoms with van der Waals surface area (Å²) >= 11 is 0. The molecular formula is C24H32F3N5O3. The predicted molar refractivity (Wildman–Crippen MR) is 126 cm³/mol. The molecule has 1 aromatic carbocycles. The first kappa shape index (κ1) is 26.5. The van der Waals surface area contributed by atoms with Crippen LogP contribution in [0.25, 0.3) is 0 Å². The number of anilines is 1. The maximum Gasteiger partial charge on any atom is 0.418 e. The lowest BCUT2D eigenvalue weighted by Crippen LogP contribution is -2.53. The molecule has 0 atom stereocenters. The molecule has 1 N–H and O–H groups in total. The number of aromatic nitrogens is 2. The number of carboxylic acid groups (broad SMARTS) is 1. The van der Waals surface area contributed by atoms with Crippen molar-refractivity contribution in [3.05, 3.63) is 47.3 Å². The van der Waals surface area contributed by atoms with E-state index >= 15 is 0 Å². The van der Waals surface area contributed by atoms with Gasteiger partial charge in [-0.25, -0.2) is 9.59 Å². The Labute approximate surface area is 202 Å². The Balaban J connectivity index is 1.75. The second kappa shape index (κ2) is 10.3.